The predicted molar refractivity (Wildman–Crippen MR) is 111 cm³/mol. The van der Waals surface area contributed by atoms with E-state index in [9.17, 15) is 27.9 Å². The highest BCUT2D eigenvalue weighted by molar-refractivity contribution is 5.93. The van der Waals surface area contributed by atoms with Crippen LogP contribution in [-0.4, -0.2) is 62.6 Å². The number of nitrogen functional groups attached to an aromatic ring is 1. The van der Waals surface area contributed by atoms with Crippen molar-refractivity contribution in [3.8, 4) is 0 Å². The van der Waals surface area contributed by atoms with Crippen LogP contribution >= 0.6 is 0 Å². The van der Waals surface area contributed by atoms with Gasteiger partial charge in [0.15, 0.2) is 0 Å². The third kappa shape index (κ3) is 4.07. The van der Waals surface area contributed by atoms with Crippen molar-refractivity contribution in [2.45, 2.75) is 44.8 Å². The Morgan fingerprint density at radius 2 is 1.84 bits per heavy atom. The number of carbonyl (C=O) groups is 2. The number of likely N-dealkylation sites (tertiary alicyclic amines) is 2. The number of alkyl halides is 3. The van der Waals surface area contributed by atoms with Crippen LogP contribution in [0, 0.1) is 11.8 Å². The summed E-state index contributed by atoms with van der Waals surface area (Å²) in [6, 6.07) is 3.91. The van der Waals surface area contributed by atoms with Gasteiger partial charge in [-0.05, 0) is 49.8 Å². The van der Waals surface area contributed by atoms with E-state index in [2.05, 4.69) is 5.10 Å². The monoisotopic (exact) mass is 453 g/mol. The van der Waals surface area contributed by atoms with Gasteiger partial charge in [-0.3, -0.25) is 4.90 Å². The number of anilines is 1. The Morgan fingerprint density at radius 1 is 1.16 bits per heavy atom. The minimum absolute atomic E-state index is 0.0241. The van der Waals surface area contributed by atoms with Crippen LogP contribution in [0.2, 0.25) is 0 Å². The van der Waals surface area contributed by atoms with Crippen LogP contribution in [0.4, 0.5) is 28.4 Å². The summed E-state index contributed by atoms with van der Waals surface area (Å²) in [7, 11) is 0. The Balaban J connectivity index is 1.69. The number of carbonyl (C=O) groups excluding carboxylic acids is 1. The lowest BCUT2D eigenvalue weighted by Gasteiger charge is -2.35. The molecule has 8 nitrogen and oxygen atoms in total. The zero-order valence-electron chi connectivity index (χ0n) is 17.7. The number of piperidine rings is 2. The fourth-order valence-electron chi connectivity index (χ4n) is 4.71. The van der Waals surface area contributed by atoms with Crippen molar-refractivity contribution >= 4 is 28.7 Å². The van der Waals surface area contributed by atoms with Gasteiger partial charge in [0.25, 0.3) is 0 Å². The van der Waals surface area contributed by atoms with Crippen LogP contribution in [0.15, 0.2) is 18.2 Å². The van der Waals surface area contributed by atoms with E-state index in [-0.39, 0.29) is 31.8 Å². The molecule has 2 amide bonds. The van der Waals surface area contributed by atoms with Gasteiger partial charge in [0.05, 0.1) is 23.2 Å². The van der Waals surface area contributed by atoms with Gasteiger partial charge in [0.2, 0.25) is 0 Å². The van der Waals surface area contributed by atoms with Crippen LogP contribution in [0.1, 0.15) is 44.3 Å². The Bertz CT molecular complexity index is 1030. The fraction of sp³-hybridized carbons (Fsp3) is 0.571. The first-order valence-corrected chi connectivity index (χ1v) is 10.7. The van der Waals surface area contributed by atoms with Crippen molar-refractivity contribution in [3.63, 3.8) is 0 Å². The molecule has 0 spiro atoms. The highest BCUT2D eigenvalue weighted by atomic mass is 19.4. The molecule has 0 saturated carbocycles. The molecule has 1 aromatic carbocycles. The predicted octanol–water partition coefficient (Wildman–Crippen LogP) is 4.31. The summed E-state index contributed by atoms with van der Waals surface area (Å²) in [5.41, 5.74) is 7.22. The van der Waals surface area contributed by atoms with Crippen LogP contribution in [0.5, 0.6) is 0 Å². The second kappa shape index (κ2) is 8.18. The second-order valence-corrected chi connectivity index (χ2v) is 8.78. The Kier molecular flexibility index (Phi) is 5.68. The second-order valence-electron chi connectivity index (χ2n) is 8.78. The molecular weight excluding hydrogens is 427 g/mol. The number of hydrogen-bond acceptors (Lipinski definition) is 4. The van der Waals surface area contributed by atoms with E-state index in [0.717, 1.165) is 11.1 Å². The maximum absolute atomic E-state index is 13.2. The third-order valence-electron chi connectivity index (χ3n) is 6.57. The smallest absolute Gasteiger partial charge is 0.407 e. The van der Waals surface area contributed by atoms with Crippen LogP contribution in [-0.2, 0) is 0 Å². The van der Waals surface area contributed by atoms with Crippen LogP contribution < -0.4 is 5.73 Å². The van der Waals surface area contributed by atoms with E-state index in [4.69, 9.17) is 5.73 Å². The van der Waals surface area contributed by atoms with E-state index >= 15 is 0 Å². The maximum atomic E-state index is 13.2. The number of fused-ring (bicyclic) bond motifs is 1. The molecule has 2 unspecified atom stereocenters. The highest BCUT2D eigenvalue weighted by Gasteiger charge is 2.42. The van der Waals surface area contributed by atoms with E-state index in [1.54, 1.807) is 18.2 Å². The lowest BCUT2D eigenvalue weighted by atomic mass is 9.90. The molecule has 3 N–H and O–H groups in total. The van der Waals surface area contributed by atoms with Gasteiger partial charge in [-0.2, -0.15) is 23.0 Å². The molecule has 0 aliphatic carbocycles. The summed E-state index contributed by atoms with van der Waals surface area (Å²) in [4.78, 5) is 27.8. The van der Waals surface area contributed by atoms with Crippen molar-refractivity contribution in [2.24, 2.45) is 11.8 Å². The van der Waals surface area contributed by atoms with Crippen molar-refractivity contribution in [2.75, 3.05) is 25.4 Å². The van der Waals surface area contributed by atoms with Gasteiger partial charge in [-0.25, -0.2) is 9.59 Å². The topological polar surface area (TPSA) is 105 Å². The number of aromatic nitrogens is 2. The molecule has 2 atom stereocenters. The molecule has 2 aliphatic heterocycles. The van der Waals surface area contributed by atoms with E-state index < -0.39 is 30.3 Å². The molecule has 0 bridgehead atoms. The Labute approximate surface area is 182 Å². The summed E-state index contributed by atoms with van der Waals surface area (Å²) in [5.74, 6) is -1.14. The molecule has 11 heteroatoms. The number of benzene rings is 1. The van der Waals surface area contributed by atoms with Crippen LogP contribution in [0.3, 0.4) is 0 Å². The molecule has 2 saturated heterocycles. The van der Waals surface area contributed by atoms with Crippen molar-refractivity contribution in [1.82, 2.24) is 19.6 Å². The van der Waals surface area contributed by atoms with Gasteiger partial charge < -0.3 is 15.7 Å². The quantitative estimate of drug-likeness (QED) is 0.626. The molecule has 2 aromatic rings. The number of halogens is 3. The van der Waals surface area contributed by atoms with Gasteiger partial charge in [0, 0.05) is 30.7 Å². The maximum Gasteiger partial charge on any atom is 0.407 e. The van der Waals surface area contributed by atoms with Crippen molar-refractivity contribution in [3.05, 3.63) is 23.9 Å². The Hall–Kier alpha value is -2.98. The normalized spacial score (nSPS) is 23.0. The van der Waals surface area contributed by atoms with Gasteiger partial charge in [-0.1, -0.05) is 6.92 Å². The van der Waals surface area contributed by atoms with Crippen LogP contribution in [0.25, 0.3) is 10.9 Å². The largest absolute Gasteiger partial charge is 0.465 e. The molecule has 0 radical (unpaired) electrons. The number of rotatable bonds is 1. The summed E-state index contributed by atoms with van der Waals surface area (Å²) in [6.45, 7) is 2.36. The summed E-state index contributed by atoms with van der Waals surface area (Å²) >= 11 is 0. The summed E-state index contributed by atoms with van der Waals surface area (Å²) in [6.07, 6.45) is -4.34. The van der Waals surface area contributed by atoms with Crippen molar-refractivity contribution in [1.29, 1.82) is 0 Å². The Morgan fingerprint density at radius 3 is 2.47 bits per heavy atom. The van der Waals surface area contributed by atoms with Gasteiger partial charge >= 0.3 is 18.3 Å². The summed E-state index contributed by atoms with van der Waals surface area (Å²) in [5, 5.41) is 14.8. The molecule has 4 rings (SSSR count). The number of nitrogens with two attached hydrogens (primary N) is 1. The first-order chi connectivity index (χ1) is 15.1. The average Bonchev–Trinajstić information content (AvgIpc) is 3.11. The molecule has 32 heavy (non-hydrogen) atoms. The molecule has 2 fully saturated rings. The molecule has 3 heterocycles. The average molecular weight is 453 g/mol. The zero-order valence-corrected chi connectivity index (χ0v) is 17.7. The highest BCUT2D eigenvalue weighted by Crippen LogP contribution is 2.38. The first-order valence-electron chi connectivity index (χ1n) is 10.7. The van der Waals surface area contributed by atoms with Crippen molar-refractivity contribution < 1.29 is 27.9 Å². The molecular formula is C21H26F3N5O3. The van der Waals surface area contributed by atoms with E-state index in [1.165, 1.54) is 9.80 Å². The molecule has 2 aliphatic rings. The minimum atomic E-state index is -4.27. The summed E-state index contributed by atoms with van der Waals surface area (Å²) < 4.78 is 40.2. The number of amides is 2. The lowest BCUT2D eigenvalue weighted by molar-refractivity contribution is -0.183. The van der Waals surface area contributed by atoms with Gasteiger partial charge in [-0.15, -0.1) is 0 Å². The third-order valence-corrected chi connectivity index (χ3v) is 6.57. The fourth-order valence-corrected chi connectivity index (χ4v) is 4.71. The minimum Gasteiger partial charge on any atom is -0.465 e. The number of nitrogens with zero attached hydrogens (tertiary/aromatic N) is 4. The van der Waals surface area contributed by atoms with E-state index in [0.29, 0.717) is 35.2 Å². The van der Waals surface area contributed by atoms with E-state index in [1.807, 2.05) is 6.92 Å². The standard InChI is InChI=1S/C21H26F3N5O3/c1-12-4-9-28(20(31)32)17(10-12)18-15-3-2-14(25)11-16(15)29(26-18)19(30)27-7-5-13(6-8-27)21(22,23)24/h2-3,11-13,17H,4-10,25H2,1H3,(H,31,32). The van der Waals surface area contributed by atoms with Gasteiger partial charge in [0.1, 0.15) is 0 Å². The number of carboxylic acid groups (broad SMARTS) is 1. The molecule has 1 aromatic heterocycles. The first kappa shape index (κ1) is 22.2. The lowest BCUT2D eigenvalue weighted by Crippen LogP contribution is -2.44. The SMILES string of the molecule is CC1CCN(C(=O)O)C(c2nn(C(=O)N3CCC(C(F)(F)F)CC3)c3cc(N)ccc23)C1. The number of hydrogen-bond donors (Lipinski definition) is 2. The molecule has 174 valence electrons. The zero-order chi connectivity index (χ0) is 23.2.